The van der Waals surface area contributed by atoms with Crippen LogP contribution in [0.15, 0.2) is 47.6 Å². The van der Waals surface area contributed by atoms with Gasteiger partial charge in [0.1, 0.15) is 5.75 Å². The summed E-state index contributed by atoms with van der Waals surface area (Å²) in [5.41, 5.74) is 4.34. The number of aryl methyl sites for hydroxylation is 1. The first-order valence-corrected chi connectivity index (χ1v) is 11.4. The van der Waals surface area contributed by atoms with Crippen molar-refractivity contribution in [3.8, 4) is 5.75 Å². The fourth-order valence-electron chi connectivity index (χ4n) is 3.18. The van der Waals surface area contributed by atoms with Crippen LogP contribution in [0, 0.1) is 13.8 Å². The number of amides is 1. The van der Waals surface area contributed by atoms with Crippen molar-refractivity contribution in [3.63, 3.8) is 0 Å². The van der Waals surface area contributed by atoms with Crippen molar-refractivity contribution in [3.05, 3.63) is 65.0 Å². The number of benzene rings is 2. The van der Waals surface area contributed by atoms with Gasteiger partial charge in [0.25, 0.3) is 0 Å². The molecule has 1 unspecified atom stereocenters. The second-order valence-corrected chi connectivity index (χ2v) is 8.91. The molecule has 0 saturated carbocycles. The number of nitrogens with zero attached hydrogens (tertiary/aromatic N) is 3. The predicted octanol–water partition coefficient (Wildman–Crippen LogP) is 5.43. The van der Waals surface area contributed by atoms with E-state index >= 15 is 0 Å². The number of rotatable bonds is 8. The maximum absolute atomic E-state index is 12.4. The molecule has 0 saturated heterocycles. The molecule has 1 N–H and O–H groups in total. The van der Waals surface area contributed by atoms with Crippen LogP contribution < -0.4 is 10.1 Å². The second-order valence-electron chi connectivity index (χ2n) is 7.97. The van der Waals surface area contributed by atoms with Crippen LogP contribution in [-0.4, -0.2) is 26.4 Å². The Labute approximate surface area is 188 Å². The molecule has 31 heavy (non-hydrogen) atoms. The van der Waals surface area contributed by atoms with Gasteiger partial charge >= 0.3 is 0 Å². The molecular formula is C24H30N4O2S. The summed E-state index contributed by atoms with van der Waals surface area (Å²) in [5, 5.41) is 12.1. The fraction of sp³-hybridized carbons (Fsp3) is 0.375. The molecule has 1 amide bonds. The van der Waals surface area contributed by atoms with Crippen molar-refractivity contribution in [2.45, 2.75) is 51.8 Å². The third-order valence-electron chi connectivity index (χ3n) is 5.28. The number of carbonyl (C=O) groups excluding carboxylic acids is 1. The first-order valence-electron chi connectivity index (χ1n) is 10.4. The first-order chi connectivity index (χ1) is 14.8. The largest absolute Gasteiger partial charge is 0.482 e. The fourth-order valence-corrected chi connectivity index (χ4v) is 3.90. The Morgan fingerprint density at radius 3 is 2.48 bits per heavy atom. The van der Waals surface area contributed by atoms with E-state index in [-0.39, 0.29) is 17.8 Å². The molecule has 1 heterocycles. The van der Waals surface area contributed by atoms with Gasteiger partial charge in [-0.05, 0) is 61.6 Å². The van der Waals surface area contributed by atoms with E-state index in [1.807, 2.05) is 61.9 Å². The van der Waals surface area contributed by atoms with Gasteiger partial charge in [-0.15, -0.1) is 10.2 Å². The van der Waals surface area contributed by atoms with Crippen LogP contribution in [0.2, 0.25) is 0 Å². The number of aromatic nitrogens is 3. The molecule has 0 aliphatic rings. The first kappa shape index (κ1) is 22.9. The van der Waals surface area contributed by atoms with Crippen LogP contribution in [0.4, 0.5) is 5.69 Å². The highest BCUT2D eigenvalue weighted by atomic mass is 32.2. The van der Waals surface area contributed by atoms with Gasteiger partial charge in [0.15, 0.2) is 17.1 Å². The van der Waals surface area contributed by atoms with Gasteiger partial charge in [-0.3, -0.25) is 4.79 Å². The number of nitrogens with one attached hydrogen (secondary N) is 1. The van der Waals surface area contributed by atoms with Gasteiger partial charge < -0.3 is 14.6 Å². The second kappa shape index (κ2) is 10.0. The minimum Gasteiger partial charge on any atom is -0.482 e. The van der Waals surface area contributed by atoms with Crippen LogP contribution in [0.25, 0.3) is 0 Å². The Morgan fingerprint density at radius 2 is 1.81 bits per heavy atom. The summed E-state index contributed by atoms with van der Waals surface area (Å²) in [5.74, 6) is 2.20. The van der Waals surface area contributed by atoms with Crippen LogP contribution >= 0.6 is 11.8 Å². The van der Waals surface area contributed by atoms with Gasteiger partial charge in [-0.2, -0.15) is 0 Å². The molecule has 3 rings (SSSR count). The quantitative estimate of drug-likeness (QED) is 0.475. The Kier molecular flexibility index (Phi) is 7.38. The summed E-state index contributed by atoms with van der Waals surface area (Å²) < 4.78 is 8.01. The smallest absolute Gasteiger partial charge is 0.234 e. The summed E-state index contributed by atoms with van der Waals surface area (Å²) in [6.45, 7) is 10.4. The minimum atomic E-state index is -0.263. The van der Waals surface area contributed by atoms with Crippen LogP contribution in [0.3, 0.4) is 0 Å². The topological polar surface area (TPSA) is 69.0 Å². The van der Waals surface area contributed by atoms with E-state index in [1.54, 1.807) is 0 Å². The van der Waals surface area contributed by atoms with Crippen molar-refractivity contribution >= 4 is 23.4 Å². The van der Waals surface area contributed by atoms with E-state index in [9.17, 15) is 4.79 Å². The van der Waals surface area contributed by atoms with Crippen LogP contribution in [-0.2, 0) is 11.8 Å². The highest BCUT2D eigenvalue weighted by Crippen LogP contribution is 2.27. The van der Waals surface area contributed by atoms with E-state index in [4.69, 9.17) is 4.74 Å². The maximum atomic E-state index is 12.4. The number of hydrogen-bond donors (Lipinski definition) is 1. The SMILES string of the molecule is Cc1cccc(OC(C)c2nnc(SCC(=O)Nc3ccc(C(C)C)cc3)n2C)c1C. The molecule has 164 valence electrons. The predicted molar refractivity (Wildman–Crippen MR) is 126 cm³/mol. The summed E-state index contributed by atoms with van der Waals surface area (Å²) in [6.07, 6.45) is -0.263. The molecule has 0 aliphatic heterocycles. The molecule has 0 fully saturated rings. The van der Waals surface area contributed by atoms with Crippen molar-refractivity contribution in [2.24, 2.45) is 7.05 Å². The minimum absolute atomic E-state index is 0.0773. The monoisotopic (exact) mass is 438 g/mol. The number of ether oxygens (including phenoxy) is 1. The van der Waals surface area contributed by atoms with Gasteiger partial charge in [-0.1, -0.05) is 49.9 Å². The van der Waals surface area contributed by atoms with E-state index < -0.39 is 0 Å². The zero-order valence-corrected chi connectivity index (χ0v) is 19.8. The number of carbonyl (C=O) groups is 1. The Morgan fingerprint density at radius 1 is 1.10 bits per heavy atom. The van der Waals surface area contributed by atoms with E-state index in [2.05, 4.69) is 42.4 Å². The highest BCUT2D eigenvalue weighted by molar-refractivity contribution is 7.99. The van der Waals surface area contributed by atoms with Crippen molar-refractivity contribution in [2.75, 3.05) is 11.1 Å². The third kappa shape index (κ3) is 5.67. The molecule has 7 heteroatoms. The summed E-state index contributed by atoms with van der Waals surface area (Å²) in [4.78, 5) is 12.4. The average Bonchev–Trinajstić information content (AvgIpc) is 3.10. The van der Waals surface area contributed by atoms with Gasteiger partial charge in [0.2, 0.25) is 5.91 Å². The molecule has 0 radical (unpaired) electrons. The summed E-state index contributed by atoms with van der Waals surface area (Å²) in [6, 6.07) is 14.0. The van der Waals surface area contributed by atoms with Gasteiger partial charge in [-0.25, -0.2) is 0 Å². The molecule has 3 aromatic rings. The van der Waals surface area contributed by atoms with Gasteiger partial charge in [0.05, 0.1) is 5.75 Å². The standard InChI is InChI=1S/C24H30N4O2S/c1-15(2)19-10-12-20(13-11-19)25-22(29)14-31-24-27-26-23(28(24)6)18(5)30-21-9-7-8-16(3)17(21)4/h7-13,15,18H,14H2,1-6H3,(H,25,29). The molecule has 0 bridgehead atoms. The van der Waals surface area contributed by atoms with Crippen molar-refractivity contribution < 1.29 is 9.53 Å². The molecule has 0 aliphatic carbocycles. The molecular weight excluding hydrogens is 408 g/mol. The maximum Gasteiger partial charge on any atom is 0.234 e. The highest BCUT2D eigenvalue weighted by Gasteiger charge is 2.19. The van der Waals surface area contributed by atoms with E-state index in [1.165, 1.54) is 22.9 Å². The van der Waals surface area contributed by atoms with E-state index in [0.29, 0.717) is 16.9 Å². The number of thioether (sulfide) groups is 1. The molecule has 0 spiro atoms. The zero-order chi connectivity index (χ0) is 22.5. The normalized spacial score (nSPS) is 12.1. The van der Waals surface area contributed by atoms with E-state index in [0.717, 1.165) is 17.0 Å². The lowest BCUT2D eigenvalue weighted by Crippen LogP contribution is -2.15. The lowest BCUT2D eigenvalue weighted by atomic mass is 10.0. The molecule has 6 nitrogen and oxygen atoms in total. The summed E-state index contributed by atoms with van der Waals surface area (Å²) in [7, 11) is 1.89. The third-order valence-corrected chi connectivity index (χ3v) is 6.30. The van der Waals surface area contributed by atoms with Crippen molar-refractivity contribution in [1.82, 2.24) is 14.8 Å². The molecule has 2 aromatic carbocycles. The molecule has 1 atom stereocenters. The Bertz CT molecular complexity index is 1040. The number of anilines is 1. The Hall–Kier alpha value is -2.80. The lowest BCUT2D eigenvalue weighted by molar-refractivity contribution is -0.113. The zero-order valence-electron chi connectivity index (χ0n) is 19.0. The Balaban J connectivity index is 1.58. The molecule has 1 aromatic heterocycles. The summed E-state index contributed by atoms with van der Waals surface area (Å²) >= 11 is 1.35. The number of hydrogen-bond acceptors (Lipinski definition) is 5. The van der Waals surface area contributed by atoms with Crippen LogP contribution in [0.1, 0.15) is 55.3 Å². The van der Waals surface area contributed by atoms with Crippen molar-refractivity contribution in [1.29, 1.82) is 0 Å². The van der Waals surface area contributed by atoms with Gasteiger partial charge in [0, 0.05) is 12.7 Å². The van der Waals surface area contributed by atoms with Crippen LogP contribution in [0.5, 0.6) is 5.75 Å². The average molecular weight is 439 g/mol. The lowest BCUT2D eigenvalue weighted by Gasteiger charge is -2.16.